The number of benzene rings is 1. The zero-order chi connectivity index (χ0) is 14.4. The van der Waals surface area contributed by atoms with Gasteiger partial charge in [0.25, 0.3) is 5.56 Å². The maximum Gasteiger partial charge on any atom is 0.324 e. The van der Waals surface area contributed by atoms with E-state index < -0.39 is 0 Å². The molecule has 0 fully saturated rings. The lowest BCUT2D eigenvalue weighted by atomic mass is 10.3. The van der Waals surface area contributed by atoms with Crippen LogP contribution in [0.15, 0.2) is 39.9 Å². The number of imidazole rings is 1. The standard InChI is InChI=1S/C14H14N4O2/c1-15-9-18(10-7-5-4-6-8-10)11-12(15)16(2)14(20)17(3)13(11)19/h4-8H,1-3H3. The first-order chi connectivity index (χ1) is 9.52. The lowest BCUT2D eigenvalue weighted by Gasteiger charge is -2.08. The van der Waals surface area contributed by atoms with Crippen molar-refractivity contribution in [2.24, 2.45) is 21.1 Å². The van der Waals surface area contributed by atoms with E-state index in [1.54, 1.807) is 23.2 Å². The molecule has 3 rings (SSSR count). The molecule has 6 nitrogen and oxygen atoms in total. The second-order valence-corrected chi connectivity index (χ2v) is 4.71. The van der Waals surface area contributed by atoms with Crippen LogP contribution in [0.25, 0.3) is 16.9 Å². The van der Waals surface area contributed by atoms with Crippen LogP contribution in [0.5, 0.6) is 0 Å². The normalized spacial score (nSPS) is 11.2. The molecule has 1 aromatic carbocycles. The summed E-state index contributed by atoms with van der Waals surface area (Å²) in [5.74, 6) is 0. The molecule has 0 saturated heterocycles. The number of fused-ring (bicyclic) bond motifs is 1. The summed E-state index contributed by atoms with van der Waals surface area (Å²) in [6.07, 6.45) is 3.07. The first-order valence-electron chi connectivity index (χ1n) is 6.17. The second-order valence-electron chi connectivity index (χ2n) is 4.71. The summed E-state index contributed by atoms with van der Waals surface area (Å²) >= 11 is 0. The maximum atomic E-state index is 12.4. The van der Waals surface area contributed by atoms with Crippen LogP contribution in [-0.4, -0.2) is 13.7 Å². The molecule has 0 radical (unpaired) electrons. The SMILES string of the molecule is Cn1c(=O)c2c(n(C)[c-][n+]2-c2ccccc2)n(C)c1=O. The van der Waals surface area contributed by atoms with Crippen molar-refractivity contribution in [2.45, 2.75) is 0 Å². The highest BCUT2D eigenvalue weighted by Crippen LogP contribution is 2.06. The molecule has 0 unspecified atom stereocenters. The Hall–Kier alpha value is -2.63. The van der Waals surface area contributed by atoms with Crippen molar-refractivity contribution in [1.29, 1.82) is 0 Å². The fourth-order valence-electron chi connectivity index (χ4n) is 2.41. The van der Waals surface area contributed by atoms with Crippen LogP contribution >= 0.6 is 0 Å². The highest BCUT2D eigenvalue weighted by molar-refractivity contribution is 5.66. The molecular weight excluding hydrogens is 256 g/mol. The van der Waals surface area contributed by atoms with Crippen molar-refractivity contribution in [3.63, 3.8) is 0 Å². The molecule has 102 valence electrons. The minimum Gasteiger partial charge on any atom is -0.313 e. The molecule has 0 atom stereocenters. The molecule has 0 aliphatic heterocycles. The average molecular weight is 270 g/mol. The average Bonchev–Trinajstić information content (AvgIpc) is 2.81. The van der Waals surface area contributed by atoms with Gasteiger partial charge in [-0.1, -0.05) is 30.3 Å². The first-order valence-corrected chi connectivity index (χ1v) is 6.17. The van der Waals surface area contributed by atoms with Gasteiger partial charge in [-0.2, -0.15) is 0 Å². The van der Waals surface area contributed by atoms with Crippen molar-refractivity contribution in [3.8, 4) is 5.69 Å². The van der Waals surface area contributed by atoms with Gasteiger partial charge in [0.2, 0.25) is 6.33 Å². The smallest absolute Gasteiger partial charge is 0.313 e. The molecule has 0 N–H and O–H groups in total. The third-order valence-electron chi connectivity index (χ3n) is 3.42. The van der Waals surface area contributed by atoms with Crippen molar-refractivity contribution < 1.29 is 4.57 Å². The van der Waals surface area contributed by atoms with E-state index in [0.717, 1.165) is 10.3 Å². The molecule has 20 heavy (non-hydrogen) atoms. The second kappa shape index (κ2) is 4.19. The van der Waals surface area contributed by atoms with E-state index in [9.17, 15) is 9.59 Å². The van der Waals surface area contributed by atoms with E-state index in [1.807, 2.05) is 30.3 Å². The number of hydrogen-bond donors (Lipinski definition) is 0. The minimum absolute atomic E-state index is 0.330. The van der Waals surface area contributed by atoms with Gasteiger partial charge in [0.05, 0.1) is 12.7 Å². The molecule has 0 amide bonds. The highest BCUT2D eigenvalue weighted by Gasteiger charge is 2.16. The molecule has 6 heteroatoms. The third kappa shape index (κ3) is 1.54. The minimum atomic E-state index is -0.350. The Morgan fingerprint density at radius 3 is 2.30 bits per heavy atom. The lowest BCUT2D eigenvalue weighted by Crippen LogP contribution is -2.42. The molecule has 0 spiro atoms. The summed E-state index contributed by atoms with van der Waals surface area (Å²) in [4.78, 5) is 24.4. The van der Waals surface area contributed by atoms with Gasteiger partial charge in [0.1, 0.15) is 11.2 Å². The fraction of sp³-hybridized carbons (Fsp3) is 0.214. The summed E-state index contributed by atoms with van der Waals surface area (Å²) < 4.78 is 5.89. The van der Waals surface area contributed by atoms with Gasteiger partial charge < -0.3 is 13.7 Å². The predicted molar refractivity (Wildman–Crippen MR) is 73.8 cm³/mol. The van der Waals surface area contributed by atoms with Gasteiger partial charge in [-0.25, -0.2) is 4.79 Å². The largest absolute Gasteiger partial charge is 0.324 e. The van der Waals surface area contributed by atoms with Crippen LogP contribution in [-0.2, 0) is 21.1 Å². The first kappa shape index (κ1) is 12.4. The van der Waals surface area contributed by atoms with Gasteiger partial charge in [-0.15, -0.1) is 0 Å². The van der Waals surface area contributed by atoms with Crippen LogP contribution in [0.3, 0.4) is 0 Å². The van der Waals surface area contributed by atoms with Crippen LogP contribution in [0.2, 0.25) is 0 Å². The Bertz CT molecular complexity index is 916. The Balaban J connectivity index is 2.55. The summed E-state index contributed by atoms with van der Waals surface area (Å²) in [5.41, 5.74) is 1.13. The summed E-state index contributed by atoms with van der Waals surface area (Å²) in [5, 5.41) is 0. The van der Waals surface area contributed by atoms with Gasteiger partial charge in [-0.05, 0) is 0 Å². The summed E-state index contributed by atoms with van der Waals surface area (Å²) in [6.45, 7) is 0. The van der Waals surface area contributed by atoms with E-state index in [4.69, 9.17) is 0 Å². The Labute approximate surface area is 114 Å². The summed E-state index contributed by atoms with van der Waals surface area (Å²) in [7, 11) is 4.89. The Morgan fingerprint density at radius 1 is 1.00 bits per heavy atom. The lowest BCUT2D eigenvalue weighted by molar-refractivity contribution is -0.573. The molecule has 0 aliphatic rings. The Morgan fingerprint density at radius 2 is 1.65 bits per heavy atom. The summed E-state index contributed by atoms with van der Waals surface area (Å²) in [6, 6.07) is 9.47. The number of para-hydroxylation sites is 1. The van der Waals surface area contributed by atoms with E-state index in [2.05, 4.69) is 6.33 Å². The molecular formula is C14H14N4O2. The molecule has 0 saturated carbocycles. The van der Waals surface area contributed by atoms with E-state index in [-0.39, 0.29) is 11.2 Å². The number of hydrogen-bond acceptors (Lipinski definition) is 2. The molecule has 0 bridgehead atoms. The Kier molecular flexibility index (Phi) is 2.60. The van der Waals surface area contributed by atoms with E-state index in [0.29, 0.717) is 11.2 Å². The zero-order valence-corrected chi connectivity index (χ0v) is 11.5. The van der Waals surface area contributed by atoms with Crippen LogP contribution in [0.4, 0.5) is 0 Å². The van der Waals surface area contributed by atoms with Crippen LogP contribution in [0, 0.1) is 6.33 Å². The topological polar surface area (TPSA) is 52.8 Å². The predicted octanol–water partition coefficient (Wildman–Crippen LogP) is -0.347. The van der Waals surface area contributed by atoms with E-state index >= 15 is 0 Å². The number of nitrogens with zero attached hydrogens (tertiary/aromatic N) is 4. The molecule has 0 aliphatic carbocycles. The van der Waals surface area contributed by atoms with Gasteiger partial charge in [-0.3, -0.25) is 9.36 Å². The monoisotopic (exact) mass is 270 g/mol. The van der Waals surface area contributed by atoms with Gasteiger partial charge in [0.15, 0.2) is 0 Å². The van der Waals surface area contributed by atoms with Crippen molar-refractivity contribution in [2.75, 3.05) is 0 Å². The highest BCUT2D eigenvalue weighted by atomic mass is 16.2. The fourth-order valence-corrected chi connectivity index (χ4v) is 2.41. The van der Waals surface area contributed by atoms with Crippen molar-refractivity contribution in [1.82, 2.24) is 13.7 Å². The van der Waals surface area contributed by atoms with Crippen molar-refractivity contribution in [3.05, 3.63) is 57.5 Å². The maximum absolute atomic E-state index is 12.4. The number of aromatic nitrogens is 4. The zero-order valence-electron chi connectivity index (χ0n) is 11.5. The van der Waals surface area contributed by atoms with Crippen LogP contribution in [0.1, 0.15) is 0 Å². The van der Waals surface area contributed by atoms with Crippen molar-refractivity contribution >= 4 is 11.2 Å². The number of aryl methyl sites for hydroxylation is 2. The molecule has 2 aromatic heterocycles. The third-order valence-corrected chi connectivity index (χ3v) is 3.42. The van der Waals surface area contributed by atoms with E-state index in [1.165, 1.54) is 11.6 Å². The quantitative estimate of drug-likeness (QED) is 0.448. The van der Waals surface area contributed by atoms with Crippen LogP contribution < -0.4 is 15.8 Å². The van der Waals surface area contributed by atoms with Gasteiger partial charge in [0, 0.05) is 14.1 Å². The molecule has 3 aromatic rings. The number of rotatable bonds is 1. The molecule has 2 heterocycles. The van der Waals surface area contributed by atoms with Gasteiger partial charge >= 0.3 is 5.69 Å².